The fourth-order valence-corrected chi connectivity index (χ4v) is 4.05. The number of likely N-dealkylation sites (tertiary alicyclic amines) is 1. The van der Waals surface area contributed by atoms with Crippen molar-refractivity contribution in [3.63, 3.8) is 0 Å². The molecule has 1 fully saturated rings. The van der Waals surface area contributed by atoms with Crippen LogP contribution in [0.2, 0.25) is 0 Å². The smallest absolute Gasteiger partial charge is 0.433 e. The highest BCUT2D eigenvalue weighted by Gasteiger charge is 2.36. The van der Waals surface area contributed by atoms with E-state index >= 15 is 0 Å². The molecule has 1 unspecified atom stereocenters. The van der Waals surface area contributed by atoms with Gasteiger partial charge >= 0.3 is 6.18 Å². The summed E-state index contributed by atoms with van der Waals surface area (Å²) >= 11 is 0. The van der Waals surface area contributed by atoms with E-state index in [2.05, 4.69) is 15.0 Å². The minimum atomic E-state index is -4.50. The summed E-state index contributed by atoms with van der Waals surface area (Å²) in [5.74, 6) is 1.30. The molecule has 0 bridgehead atoms. The quantitative estimate of drug-likeness (QED) is 0.612. The van der Waals surface area contributed by atoms with Crippen molar-refractivity contribution >= 4 is 5.65 Å². The molecular formula is C21H23F3N4O2. The van der Waals surface area contributed by atoms with Crippen LogP contribution in [-0.2, 0) is 12.7 Å². The highest BCUT2D eigenvalue weighted by atomic mass is 19.4. The minimum absolute atomic E-state index is 0.0683. The lowest BCUT2D eigenvalue weighted by molar-refractivity contribution is -0.142. The number of hydrogen-bond acceptors (Lipinski definition) is 5. The zero-order valence-electron chi connectivity index (χ0n) is 17.0. The Balaban J connectivity index is 1.65. The van der Waals surface area contributed by atoms with Gasteiger partial charge in [0.25, 0.3) is 0 Å². The Kier molecular flexibility index (Phi) is 5.31. The predicted octanol–water partition coefficient (Wildman–Crippen LogP) is 4.41. The van der Waals surface area contributed by atoms with Gasteiger partial charge in [0.1, 0.15) is 5.69 Å². The molecule has 1 aliphatic rings. The Hall–Kier alpha value is -2.81. The molecule has 0 radical (unpaired) electrons. The number of aryl methyl sites for hydroxylation is 1. The molecule has 0 saturated carbocycles. The van der Waals surface area contributed by atoms with Crippen LogP contribution in [0.1, 0.15) is 41.5 Å². The predicted molar refractivity (Wildman–Crippen MR) is 105 cm³/mol. The van der Waals surface area contributed by atoms with Gasteiger partial charge in [-0.1, -0.05) is 6.07 Å². The molecule has 0 amide bonds. The van der Waals surface area contributed by atoms with Crippen molar-refractivity contribution in [2.75, 3.05) is 20.8 Å². The zero-order valence-corrected chi connectivity index (χ0v) is 17.0. The normalized spacial score (nSPS) is 17.6. The maximum atomic E-state index is 13.5. The molecule has 1 saturated heterocycles. The average Bonchev–Trinajstić information content (AvgIpc) is 3.32. The van der Waals surface area contributed by atoms with E-state index in [1.165, 1.54) is 0 Å². The molecule has 6 nitrogen and oxygen atoms in total. The van der Waals surface area contributed by atoms with Crippen LogP contribution < -0.4 is 9.47 Å². The van der Waals surface area contributed by atoms with E-state index in [0.717, 1.165) is 35.5 Å². The third-order valence-corrected chi connectivity index (χ3v) is 5.40. The maximum absolute atomic E-state index is 13.5. The van der Waals surface area contributed by atoms with Crippen molar-refractivity contribution in [2.45, 2.75) is 38.5 Å². The molecule has 4 rings (SSSR count). The lowest BCUT2D eigenvalue weighted by Crippen LogP contribution is -2.23. The summed E-state index contributed by atoms with van der Waals surface area (Å²) in [4.78, 5) is 6.47. The Bertz CT molecular complexity index is 1060. The van der Waals surface area contributed by atoms with Crippen LogP contribution >= 0.6 is 0 Å². The monoisotopic (exact) mass is 420 g/mol. The standard InChI is InChI=1S/C21H23F3N4O2/c1-13-9-19(21(22,23)24)28-20(25-13)11-15(26-28)16-5-4-8-27(16)12-14-6-7-17(29-2)18(10-14)30-3/h6-7,9-11,16H,4-5,8,12H2,1-3H3. The van der Waals surface area contributed by atoms with Crippen LogP contribution in [0, 0.1) is 6.92 Å². The van der Waals surface area contributed by atoms with Crippen molar-refractivity contribution < 1.29 is 22.6 Å². The average molecular weight is 420 g/mol. The van der Waals surface area contributed by atoms with Crippen LogP contribution in [0.5, 0.6) is 11.5 Å². The third kappa shape index (κ3) is 3.81. The first-order valence-corrected chi connectivity index (χ1v) is 9.69. The third-order valence-electron chi connectivity index (χ3n) is 5.40. The fourth-order valence-electron chi connectivity index (χ4n) is 4.05. The summed E-state index contributed by atoms with van der Waals surface area (Å²) in [6.45, 7) is 3.03. The van der Waals surface area contributed by atoms with Gasteiger partial charge in [0.15, 0.2) is 17.1 Å². The van der Waals surface area contributed by atoms with Gasteiger partial charge in [0.2, 0.25) is 0 Å². The highest BCUT2D eigenvalue weighted by Crippen LogP contribution is 2.36. The van der Waals surface area contributed by atoms with E-state index < -0.39 is 11.9 Å². The molecule has 30 heavy (non-hydrogen) atoms. The van der Waals surface area contributed by atoms with Crippen molar-refractivity contribution in [3.8, 4) is 11.5 Å². The minimum Gasteiger partial charge on any atom is -0.493 e. The maximum Gasteiger partial charge on any atom is 0.433 e. The first-order chi connectivity index (χ1) is 14.3. The van der Waals surface area contributed by atoms with E-state index in [4.69, 9.17) is 9.47 Å². The summed E-state index contributed by atoms with van der Waals surface area (Å²) < 4.78 is 52.0. The molecule has 0 aliphatic carbocycles. The van der Waals surface area contributed by atoms with E-state index in [1.54, 1.807) is 27.2 Å². The Morgan fingerprint density at radius 3 is 2.57 bits per heavy atom. The van der Waals surface area contributed by atoms with Gasteiger partial charge in [-0.3, -0.25) is 4.90 Å². The van der Waals surface area contributed by atoms with E-state index in [1.807, 2.05) is 18.2 Å². The molecule has 1 aromatic carbocycles. The van der Waals surface area contributed by atoms with Crippen LogP contribution in [-0.4, -0.2) is 40.3 Å². The number of benzene rings is 1. The lowest BCUT2D eigenvalue weighted by Gasteiger charge is -2.23. The Labute approximate surface area is 172 Å². The molecule has 0 spiro atoms. The number of fused-ring (bicyclic) bond motifs is 1. The van der Waals surface area contributed by atoms with Crippen LogP contribution in [0.3, 0.4) is 0 Å². The number of hydrogen-bond donors (Lipinski definition) is 0. The van der Waals surface area contributed by atoms with Gasteiger partial charge in [-0.05, 0) is 50.1 Å². The van der Waals surface area contributed by atoms with Gasteiger partial charge in [-0.2, -0.15) is 18.3 Å². The highest BCUT2D eigenvalue weighted by molar-refractivity contribution is 5.44. The number of nitrogens with zero attached hydrogens (tertiary/aromatic N) is 4. The molecule has 1 aliphatic heterocycles. The summed E-state index contributed by atoms with van der Waals surface area (Å²) in [5.41, 5.74) is 1.37. The van der Waals surface area contributed by atoms with Gasteiger partial charge in [0.05, 0.1) is 26.0 Å². The second-order valence-corrected chi connectivity index (χ2v) is 7.44. The number of alkyl halides is 3. The first kappa shape index (κ1) is 20.5. The molecule has 160 valence electrons. The molecular weight excluding hydrogens is 397 g/mol. The van der Waals surface area contributed by atoms with Crippen molar-refractivity contribution in [1.29, 1.82) is 0 Å². The van der Waals surface area contributed by atoms with Crippen LogP contribution in [0.15, 0.2) is 30.3 Å². The zero-order chi connectivity index (χ0) is 21.5. The Morgan fingerprint density at radius 1 is 1.10 bits per heavy atom. The van der Waals surface area contributed by atoms with Crippen LogP contribution in [0.4, 0.5) is 13.2 Å². The summed E-state index contributed by atoms with van der Waals surface area (Å²) in [6.07, 6.45) is -2.72. The number of methoxy groups -OCH3 is 2. The summed E-state index contributed by atoms with van der Waals surface area (Å²) in [6, 6.07) is 8.37. The SMILES string of the molecule is COc1ccc(CN2CCCC2c2cc3nc(C)cc(C(F)(F)F)n3n2)cc1OC. The van der Waals surface area contributed by atoms with E-state index in [-0.39, 0.29) is 11.7 Å². The molecule has 2 aromatic heterocycles. The topological polar surface area (TPSA) is 51.9 Å². The number of ether oxygens (including phenoxy) is 2. The van der Waals surface area contributed by atoms with Gasteiger partial charge < -0.3 is 9.47 Å². The fraction of sp³-hybridized carbons (Fsp3) is 0.429. The van der Waals surface area contributed by atoms with E-state index in [9.17, 15) is 13.2 Å². The lowest BCUT2D eigenvalue weighted by atomic mass is 10.1. The second kappa shape index (κ2) is 7.79. The van der Waals surface area contributed by atoms with Crippen molar-refractivity contribution in [2.24, 2.45) is 0 Å². The van der Waals surface area contributed by atoms with Crippen LogP contribution in [0.25, 0.3) is 5.65 Å². The first-order valence-electron chi connectivity index (χ1n) is 9.69. The van der Waals surface area contributed by atoms with Gasteiger partial charge in [-0.25, -0.2) is 9.50 Å². The number of aromatic nitrogens is 3. The molecule has 3 aromatic rings. The summed E-state index contributed by atoms with van der Waals surface area (Å²) in [7, 11) is 3.17. The Morgan fingerprint density at radius 2 is 1.87 bits per heavy atom. The molecule has 9 heteroatoms. The van der Waals surface area contributed by atoms with Crippen molar-refractivity contribution in [3.05, 3.63) is 53.0 Å². The van der Waals surface area contributed by atoms with Crippen molar-refractivity contribution in [1.82, 2.24) is 19.5 Å². The summed E-state index contributed by atoms with van der Waals surface area (Å²) in [5, 5.41) is 4.30. The number of halogens is 3. The second-order valence-electron chi connectivity index (χ2n) is 7.44. The largest absolute Gasteiger partial charge is 0.493 e. The van der Waals surface area contributed by atoms with Gasteiger partial charge in [-0.15, -0.1) is 0 Å². The molecule has 3 heterocycles. The van der Waals surface area contributed by atoms with Gasteiger partial charge in [0, 0.05) is 18.3 Å². The molecule has 1 atom stereocenters. The van der Waals surface area contributed by atoms with E-state index in [0.29, 0.717) is 29.4 Å². The number of rotatable bonds is 5. The molecule has 0 N–H and O–H groups in total.